The van der Waals surface area contributed by atoms with Crippen LogP contribution in [-0.2, 0) is 42.8 Å². The van der Waals surface area contributed by atoms with E-state index in [0.717, 1.165) is 71.1 Å². The standard InChI is InChI=1S/C78H144N2O21/c1-4-6-8-10-12-14-16-18-20-22-24-25-26-27-28-29-30-31-32-33-34-36-38-40-42-44-46-48-50-52-65(88)80-59(60(85)51-49-47-45-43-41-39-37-35-23-21-19-17-15-13-11-9-7-5-2)57-96-75-70(92)69(91)72(64(56-83)98-75)99-76-71(93)74(68(90)63(55-82)97-76)101-78(77(94)95)53-61(86)66(79-58(3)84)73(100-78)67(89)62(87)54-81/h24-25,27-28,59-64,66-76,81-83,85-87,89-93H,4-23,26,29-57H2,1-3H3,(H,79,84)(H,80,88)(H,94,95)/b25-24-,28-27-. The molecule has 0 spiro atoms. The fraction of sp³-hybridized carbons (Fsp3) is 0.910. The van der Waals surface area contributed by atoms with E-state index in [9.17, 15) is 75.7 Å². The van der Waals surface area contributed by atoms with E-state index >= 15 is 0 Å². The molecule has 14 N–H and O–H groups in total. The molecule has 0 radical (unpaired) electrons. The molecule has 0 aliphatic carbocycles. The molecular formula is C78H144N2O21. The van der Waals surface area contributed by atoms with E-state index in [0.29, 0.717) is 19.3 Å². The third-order valence-corrected chi connectivity index (χ3v) is 20.4. The fourth-order valence-electron chi connectivity index (χ4n) is 14.0. The maximum Gasteiger partial charge on any atom is 0.364 e. The molecule has 0 bridgehead atoms. The van der Waals surface area contributed by atoms with E-state index in [4.69, 9.17) is 28.4 Å². The van der Waals surface area contributed by atoms with Gasteiger partial charge in [-0.15, -0.1) is 0 Å². The van der Waals surface area contributed by atoms with Crippen molar-refractivity contribution in [2.24, 2.45) is 0 Å². The first-order chi connectivity index (χ1) is 48.9. The van der Waals surface area contributed by atoms with Crippen LogP contribution in [0.2, 0.25) is 0 Å². The number of aliphatic carboxylic acids is 1. The van der Waals surface area contributed by atoms with Crippen molar-refractivity contribution in [1.29, 1.82) is 0 Å². The number of rotatable bonds is 63. The number of allylic oxidation sites excluding steroid dienone is 4. The summed E-state index contributed by atoms with van der Waals surface area (Å²) in [6.07, 6.45) is 33.1. The number of aliphatic hydroxyl groups is 11. The van der Waals surface area contributed by atoms with Crippen LogP contribution in [0.4, 0.5) is 0 Å². The average molecular weight is 1450 g/mol. The normalized spacial score (nSPS) is 26.9. The Morgan fingerprint density at radius 2 is 0.950 bits per heavy atom. The van der Waals surface area contributed by atoms with Gasteiger partial charge in [-0.1, -0.05) is 276 Å². The van der Waals surface area contributed by atoms with Crippen molar-refractivity contribution in [3.05, 3.63) is 24.3 Å². The second kappa shape index (κ2) is 57.4. The van der Waals surface area contributed by atoms with Crippen LogP contribution in [0.5, 0.6) is 0 Å². The Morgan fingerprint density at radius 3 is 1.39 bits per heavy atom. The maximum absolute atomic E-state index is 13.6. The van der Waals surface area contributed by atoms with Crippen molar-refractivity contribution in [2.75, 3.05) is 26.4 Å². The van der Waals surface area contributed by atoms with Crippen LogP contribution in [0.15, 0.2) is 24.3 Å². The summed E-state index contributed by atoms with van der Waals surface area (Å²) in [4.78, 5) is 38.7. The first-order valence-electron chi connectivity index (χ1n) is 40.2. The van der Waals surface area contributed by atoms with Crippen LogP contribution in [0, 0.1) is 0 Å². The van der Waals surface area contributed by atoms with Crippen molar-refractivity contribution in [3.8, 4) is 0 Å². The summed E-state index contributed by atoms with van der Waals surface area (Å²) in [5, 5.41) is 137. The number of nitrogens with one attached hydrogen (secondary N) is 2. The smallest absolute Gasteiger partial charge is 0.364 e. The number of carbonyl (C=O) groups is 3. The second-order valence-corrected chi connectivity index (χ2v) is 29.3. The Hall–Kier alpha value is -2.79. The van der Waals surface area contributed by atoms with Gasteiger partial charge >= 0.3 is 5.97 Å². The van der Waals surface area contributed by atoms with E-state index in [1.807, 2.05) is 0 Å². The molecule has 101 heavy (non-hydrogen) atoms. The van der Waals surface area contributed by atoms with Gasteiger partial charge in [-0.05, 0) is 44.9 Å². The SMILES string of the molecule is CCCCCCCCCCC/C=C\C/C=C\CCCCCCCCCCCCCCCC(=O)NC(COC1OC(CO)C(OC2OC(CO)C(O)C(OC3(C(=O)O)CC(O)C(NC(C)=O)C(C(O)C(O)CO)O3)C2O)C(O)C1O)C(O)CCCCCCCCCCCCCCCCCCCC. The van der Waals surface area contributed by atoms with E-state index < -0.39 is 148 Å². The molecule has 3 aliphatic heterocycles. The summed E-state index contributed by atoms with van der Waals surface area (Å²) in [5.74, 6) is -6.10. The predicted octanol–water partition coefficient (Wildman–Crippen LogP) is 10.4. The van der Waals surface area contributed by atoms with Crippen LogP contribution in [0.1, 0.15) is 316 Å². The summed E-state index contributed by atoms with van der Waals surface area (Å²) in [5.41, 5.74) is 0. The lowest BCUT2D eigenvalue weighted by Crippen LogP contribution is -2.70. The van der Waals surface area contributed by atoms with Crippen LogP contribution in [0.25, 0.3) is 0 Å². The molecule has 0 aromatic carbocycles. The molecule has 23 heteroatoms. The first-order valence-corrected chi connectivity index (χ1v) is 40.2. The molecule has 2 amide bonds. The highest BCUT2D eigenvalue weighted by Gasteiger charge is 2.60. The molecule has 592 valence electrons. The summed E-state index contributed by atoms with van der Waals surface area (Å²) in [6.45, 7) is 2.24. The van der Waals surface area contributed by atoms with Gasteiger partial charge in [0.15, 0.2) is 12.6 Å². The van der Waals surface area contributed by atoms with E-state index in [-0.39, 0.29) is 18.9 Å². The Bertz CT molecular complexity index is 2110. The molecule has 18 unspecified atom stereocenters. The van der Waals surface area contributed by atoms with Crippen LogP contribution in [-0.4, -0.2) is 215 Å². The molecule has 0 aromatic rings. The summed E-state index contributed by atoms with van der Waals surface area (Å²) >= 11 is 0. The minimum Gasteiger partial charge on any atom is -0.477 e. The Kier molecular flexibility index (Phi) is 52.5. The number of hydrogen-bond donors (Lipinski definition) is 14. The summed E-state index contributed by atoms with van der Waals surface area (Å²) < 4.78 is 35.0. The van der Waals surface area contributed by atoms with Gasteiger partial charge in [0.25, 0.3) is 5.79 Å². The molecule has 3 fully saturated rings. The lowest BCUT2D eigenvalue weighted by Gasteiger charge is -2.50. The lowest BCUT2D eigenvalue weighted by atomic mass is 9.88. The van der Waals surface area contributed by atoms with Gasteiger partial charge in [0, 0.05) is 19.8 Å². The van der Waals surface area contributed by atoms with Crippen molar-refractivity contribution in [2.45, 2.75) is 426 Å². The number of carboxylic acid groups (broad SMARTS) is 1. The van der Waals surface area contributed by atoms with Crippen LogP contribution in [0.3, 0.4) is 0 Å². The highest BCUT2D eigenvalue weighted by atomic mass is 16.8. The van der Waals surface area contributed by atoms with Gasteiger partial charge in [-0.3, -0.25) is 9.59 Å². The summed E-state index contributed by atoms with van der Waals surface area (Å²) in [6, 6.07) is -2.53. The number of aliphatic hydroxyl groups excluding tert-OH is 11. The first kappa shape index (κ1) is 92.4. The molecule has 0 saturated carbocycles. The zero-order chi connectivity index (χ0) is 73.9. The number of carboxylic acids is 1. The van der Waals surface area contributed by atoms with Crippen LogP contribution >= 0.6 is 0 Å². The number of unbranched alkanes of at least 4 members (excludes halogenated alkanes) is 39. The number of ether oxygens (including phenoxy) is 6. The second-order valence-electron chi connectivity index (χ2n) is 29.3. The largest absolute Gasteiger partial charge is 0.477 e. The van der Waals surface area contributed by atoms with Gasteiger partial charge in [-0.2, -0.15) is 0 Å². The van der Waals surface area contributed by atoms with E-state index in [2.05, 4.69) is 48.8 Å². The van der Waals surface area contributed by atoms with Crippen LogP contribution < -0.4 is 10.6 Å². The van der Waals surface area contributed by atoms with E-state index in [1.54, 1.807) is 0 Å². The molecular weight excluding hydrogens is 1300 g/mol. The van der Waals surface area contributed by atoms with Gasteiger partial charge in [0.2, 0.25) is 11.8 Å². The van der Waals surface area contributed by atoms with Gasteiger partial charge in [-0.25, -0.2) is 4.79 Å². The Balaban J connectivity index is 1.50. The van der Waals surface area contributed by atoms with E-state index in [1.165, 1.54) is 199 Å². The zero-order valence-corrected chi connectivity index (χ0v) is 62.5. The zero-order valence-electron chi connectivity index (χ0n) is 62.5. The molecule has 3 rings (SSSR count). The quantitative estimate of drug-likeness (QED) is 0.0199. The summed E-state index contributed by atoms with van der Waals surface area (Å²) in [7, 11) is 0. The minimum absolute atomic E-state index is 0.224. The number of carbonyl (C=O) groups excluding carboxylic acids is 2. The third-order valence-electron chi connectivity index (χ3n) is 20.4. The molecule has 0 aromatic heterocycles. The topological polar surface area (TPSA) is 373 Å². The van der Waals surface area contributed by atoms with Gasteiger partial charge < -0.3 is 100 Å². The highest BCUT2D eigenvalue weighted by Crippen LogP contribution is 2.39. The fourth-order valence-corrected chi connectivity index (χ4v) is 14.0. The minimum atomic E-state index is -3.08. The number of amides is 2. The average Bonchev–Trinajstić information content (AvgIpc) is 0.756. The van der Waals surface area contributed by atoms with Crippen molar-refractivity contribution in [1.82, 2.24) is 10.6 Å². The molecule has 3 aliphatic rings. The maximum atomic E-state index is 13.6. The van der Waals surface area contributed by atoms with Crippen molar-refractivity contribution < 1.29 is 104 Å². The highest BCUT2D eigenvalue weighted by molar-refractivity contribution is 5.77. The third kappa shape index (κ3) is 38.0. The molecule has 3 saturated heterocycles. The monoisotopic (exact) mass is 1450 g/mol. The Labute approximate surface area is 606 Å². The molecule has 23 nitrogen and oxygen atoms in total. The predicted molar refractivity (Wildman–Crippen MR) is 389 cm³/mol. The molecule has 3 heterocycles. The van der Waals surface area contributed by atoms with Crippen molar-refractivity contribution in [3.63, 3.8) is 0 Å². The lowest BCUT2D eigenvalue weighted by molar-refractivity contribution is -0.386. The van der Waals surface area contributed by atoms with Gasteiger partial charge in [0.05, 0.1) is 50.7 Å². The van der Waals surface area contributed by atoms with Crippen molar-refractivity contribution >= 4 is 17.8 Å². The number of hydrogen-bond acceptors (Lipinski definition) is 20. The Morgan fingerprint density at radius 1 is 0.515 bits per heavy atom. The molecule has 18 atom stereocenters. The van der Waals surface area contributed by atoms with Gasteiger partial charge in [0.1, 0.15) is 67.1 Å².